The second-order valence-electron chi connectivity index (χ2n) is 11.6. The maximum atomic E-state index is 13.2. The third-order valence-electron chi connectivity index (χ3n) is 8.93. The van der Waals surface area contributed by atoms with Gasteiger partial charge in [-0.1, -0.05) is 18.2 Å². The van der Waals surface area contributed by atoms with E-state index in [2.05, 4.69) is 14.8 Å². The van der Waals surface area contributed by atoms with Crippen LogP contribution in [-0.2, 0) is 0 Å². The number of hydrogen-bond donors (Lipinski definition) is 1. The standard InChI is InChI=1S/C35H41N5O5/c1-43-30-22-26(23-31(44-2)32(30)45-3)33-37-28-14-13-25(21-29(28)40(33)27-11-7-12-27)34(41)36-15-8-16-38-17-19-39(20-18-38)35(42)24-9-5-4-6-10-24/h4-6,9-10,13-14,21-23,27H,7-8,11-12,15-20H2,1-3H3,(H,36,41). The van der Waals surface area contributed by atoms with Crippen LogP contribution < -0.4 is 19.5 Å². The first-order chi connectivity index (χ1) is 22.0. The molecule has 0 unspecified atom stereocenters. The summed E-state index contributed by atoms with van der Waals surface area (Å²) >= 11 is 0. The van der Waals surface area contributed by atoms with Crippen molar-refractivity contribution < 1.29 is 23.8 Å². The van der Waals surface area contributed by atoms with Crippen molar-refractivity contribution in [3.8, 4) is 28.6 Å². The van der Waals surface area contributed by atoms with Crippen molar-refractivity contribution in [3.63, 3.8) is 0 Å². The fraction of sp³-hybridized carbons (Fsp3) is 0.400. The van der Waals surface area contributed by atoms with Crippen LogP contribution in [0.4, 0.5) is 0 Å². The summed E-state index contributed by atoms with van der Waals surface area (Å²) in [7, 11) is 4.81. The second-order valence-corrected chi connectivity index (χ2v) is 11.6. The summed E-state index contributed by atoms with van der Waals surface area (Å²) in [5.41, 5.74) is 4.00. The minimum absolute atomic E-state index is 0.0914. The molecule has 3 aromatic carbocycles. The number of hydrogen-bond acceptors (Lipinski definition) is 7. The number of imidazole rings is 1. The second kappa shape index (κ2) is 13.6. The van der Waals surface area contributed by atoms with Gasteiger partial charge in [0, 0.05) is 55.5 Å². The van der Waals surface area contributed by atoms with Gasteiger partial charge in [-0.15, -0.1) is 0 Å². The Balaban J connectivity index is 1.10. The molecule has 0 bridgehead atoms. The lowest BCUT2D eigenvalue weighted by atomic mass is 9.92. The summed E-state index contributed by atoms with van der Waals surface area (Å²) in [6, 6.07) is 19.3. The zero-order valence-electron chi connectivity index (χ0n) is 26.3. The van der Waals surface area contributed by atoms with Crippen LogP contribution in [0.15, 0.2) is 60.7 Å². The number of piperazine rings is 1. The van der Waals surface area contributed by atoms with Crippen LogP contribution in [0.2, 0.25) is 0 Å². The van der Waals surface area contributed by atoms with Crippen molar-refractivity contribution in [2.24, 2.45) is 0 Å². The molecule has 2 heterocycles. The van der Waals surface area contributed by atoms with Gasteiger partial charge in [-0.25, -0.2) is 4.98 Å². The molecule has 1 saturated heterocycles. The van der Waals surface area contributed by atoms with Gasteiger partial charge >= 0.3 is 0 Å². The number of ether oxygens (including phenoxy) is 3. The van der Waals surface area contributed by atoms with Gasteiger partial charge in [-0.05, 0) is 74.7 Å². The number of benzene rings is 3. The zero-order valence-corrected chi connectivity index (χ0v) is 26.3. The number of amides is 2. The summed E-state index contributed by atoms with van der Waals surface area (Å²) in [5, 5.41) is 3.10. The molecule has 1 aliphatic heterocycles. The first-order valence-electron chi connectivity index (χ1n) is 15.7. The summed E-state index contributed by atoms with van der Waals surface area (Å²) in [5.74, 6) is 2.49. The molecule has 0 radical (unpaired) electrons. The molecule has 45 heavy (non-hydrogen) atoms. The number of fused-ring (bicyclic) bond motifs is 1. The zero-order chi connectivity index (χ0) is 31.3. The minimum Gasteiger partial charge on any atom is -0.493 e. The quantitative estimate of drug-likeness (QED) is 0.238. The van der Waals surface area contributed by atoms with Crippen LogP contribution in [0.25, 0.3) is 22.4 Å². The highest BCUT2D eigenvalue weighted by Gasteiger charge is 2.27. The van der Waals surface area contributed by atoms with Crippen LogP contribution in [-0.4, -0.2) is 91.8 Å². The molecule has 0 spiro atoms. The molecule has 6 rings (SSSR count). The molecule has 2 amide bonds. The predicted octanol–water partition coefficient (Wildman–Crippen LogP) is 5.03. The van der Waals surface area contributed by atoms with Gasteiger partial charge in [0.2, 0.25) is 5.75 Å². The Labute approximate surface area is 263 Å². The van der Waals surface area contributed by atoms with Crippen LogP contribution in [0.1, 0.15) is 52.4 Å². The smallest absolute Gasteiger partial charge is 0.253 e. The monoisotopic (exact) mass is 611 g/mol. The molecule has 1 N–H and O–H groups in total. The van der Waals surface area contributed by atoms with E-state index in [1.54, 1.807) is 21.3 Å². The molecule has 236 valence electrons. The van der Waals surface area contributed by atoms with Gasteiger partial charge in [0.05, 0.1) is 32.4 Å². The highest BCUT2D eigenvalue weighted by Crippen LogP contribution is 2.44. The number of carbonyl (C=O) groups excluding carboxylic acids is 2. The number of methoxy groups -OCH3 is 3. The largest absolute Gasteiger partial charge is 0.493 e. The highest BCUT2D eigenvalue weighted by atomic mass is 16.5. The van der Waals surface area contributed by atoms with Crippen molar-refractivity contribution in [2.75, 3.05) is 60.6 Å². The summed E-state index contributed by atoms with van der Waals surface area (Å²) in [4.78, 5) is 35.2. The Hall–Kier alpha value is -4.57. The van der Waals surface area contributed by atoms with Crippen LogP contribution in [0, 0.1) is 0 Å². The molecule has 0 atom stereocenters. The Kier molecular flexibility index (Phi) is 9.21. The molecule has 1 aliphatic carbocycles. The maximum Gasteiger partial charge on any atom is 0.253 e. The van der Waals surface area contributed by atoms with E-state index in [1.807, 2.05) is 65.6 Å². The molecule has 1 aromatic heterocycles. The Morgan fingerprint density at radius 3 is 2.20 bits per heavy atom. The summed E-state index contributed by atoms with van der Waals surface area (Å²) in [6.07, 6.45) is 4.13. The average Bonchev–Trinajstić information content (AvgIpc) is 3.43. The van der Waals surface area contributed by atoms with E-state index in [9.17, 15) is 9.59 Å². The molecular formula is C35H41N5O5. The fourth-order valence-electron chi connectivity index (χ4n) is 6.21. The van der Waals surface area contributed by atoms with E-state index < -0.39 is 0 Å². The van der Waals surface area contributed by atoms with Gasteiger partial charge in [0.1, 0.15) is 5.82 Å². The van der Waals surface area contributed by atoms with Crippen molar-refractivity contribution in [1.82, 2.24) is 24.7 Å². The van der Waals surface area contributed by atoms with E-state index >= 15 is 0 Å². The molecule has 2 fully saturated rings. The van der Waals surface area contributed by atoms with E-state index in [0.717, 1.165) is 73.3 Å². The number of carbonyl (C=O) groups is 2. The molecule has 2 aliphatic rings. The SMILES string of the molecule is COc1cc(-c2nc3ccc(C(=O)NCCCN4CCN(C(=O)c5ccccc5)CC4)cc3n2C2CCC2)cc(OC)c1OC. The van der Waals surface area contributed by atoms with E-state index in [4.69, 9.17) is 19.2 Å². The molecule has 10 heteroatoms. The topological polar surface area (TPSA) is 98.2 Å². The van der Waals surface area contributed by atoms with Crippen molar-refractivity contribution >= 4 is 22.8 Å². The number of nitrogens with zero attached hydrogens (tertiary/aromatic N) is 4. The third-order valence-corrected chi connectivity index (χ3v) is 8.93. The fourth-order valence-corrected chi connectivity index (χ4v) is 6.21. The van der Waals surface area contributed by atoms with E-state index in [1.165, 1.54) is 0 Å². The minimum atomic E-state index is -0.0918. The van der Waals surface area contributed by atoms with Crippen molar-refractivity contribution in [2.45, 2.75) is 31.7 Å². The van der Waals surface area contributed by atoms with Gasteiger partial charge in [-0.2, -0.15) is 0 Å². The molecular weight excluding hydrogens is 570 g/mol. The lowest BCUT2D eigenvalue weighted by Crippen LogP contribution is -2.49. The van der Waals surface area contributed by atoms with Crippen LogP contribution >= 0.6 is 0 Å². The van der Waals surface area contributed by atoms with Crippen LogP contribution in [0.3, 0.4) is 0 Å². The highest BCUT2D eigenvalue weighted by molar-refractivity contribution is 5.98. The summed E-state index contributed by atoms with van der Waals surface area (Å²) in [6.45, 7) is 4.56. The molecule has 1 saturated carbocycles. The van der Waals surface area contributed by atoms with Gasteiger partial charge in [-0.3, -0.25) is 14.5 Å². The van der Waals surface area contributed by atoms with Gasteiger partial charge in [0.25, 0.3) is 11.8 Å². The lowest BCUT2D eigenvalue weighted by Gasteiger charge is -2.34. The molecule has 4 aromatic rings. The first-order valence-corrected chi connectivity index (χ1v) is 15.7. The van der Waals surface area contributed by atoms with Gasteiger partial charge in [0.15, 0.2) is 11.5 Å². The average molecular weight is 612 g/mol. The predicted molar refractivity (Wildman–Crippen MR) is 173 cm³/mol. The Morgan fingerprint density at radius 2 is 1.58 bits per heavy atom. The van der Waals surface area contributed by atoms with Crippen molar-refractivity contribution in [3.05, 3.63) is 71.8 Å². The molecule has 10 nitrogen and oxygen atoms in total. The third kappa shape index (κ3) is 6.33. The number of aromatic nitrogens is 2. The van der Waals surface area contributed by atoms with Crippen molar-refractivity contribution in [1.29, 1.82) is 0 Å². The van der Waals surface area contributed by atoms with Gasteiger partial charge < -0.3 is 29.0 Å². The normalized spacial score (nSPS) is 15.5. The number of rotatable bonds is 11. The Bertz CT molecular complexity index is 1630. The van der Waals surface area contributed by atoms with E-state index in [-0.39, 0.29) is 11.8 Å². The van der Waals surface area contributed by atoms with Crippen LogP contribution in [0.5, 0.6) is 17.2 Å². The van der Waals surface area contributed by atoms with E-state index in [0.29, 0.717) is 48.5 Å². The maximum absolute atomic E-state index is 13.2. The number of nitrogens with one attached hydrogen (secondary N) is 1. The summed E-state index contributed by atoms with van der Waals surface area (Å²) < 4.78 is 19.0. The first kappa shape index (κ1) is 30.5. The lowest BCUT2D eigenvalue weighted by molar-refractivity contribution is 0.0634. The Morgan fingerprint density at radius 1 is 0.867 bits per heavy atom.